The second-order valence-corrected chi connectivity index (χ2v) is 26.3. The number of carboxylic acid groups (broad SMARTS) is 1. The summed E-state index contributed by atoms with van der Waals surface area (Å²) in [6, 6.07) is 64.9. The normalized spacial score (nSPS) is 12.3. The molecule has 0 spiro atoms. The number of aliphatic imine (C=N–C) groups is 1. The summed E-state index contributed by atoms with van der Waals surface area (Å²) in [6.45, 7) is 7.74. The zero-order valence-electron chi connectivity index (χ0n) is 56.7. The molecule has 2 aliphatic rings. The summed E-state index contributed by atoms with van der Waals surface area (Å²) in [7, 11) is 1.96. The van der Waals surface area contributed by atoms with Gasteiger partial charge in [0.05, 0.1) is 44.7 Å². The summed E-state index contributed by atoms with van der Waals surface area (Å²) in [4.78, 5) is 90.1. The molecule has 2 aliphatic heterocycles. The number of fused-ring (bicyclic) bond motifs is 3. The standard InChI is InChI=1S/C18H15NO3.C17H16N3O3.C16H14N2O4S2.C14H10N2O2.C13H10BrNO2.BrH/c1-13-11-17(20)19(18(13)21)15-7-9-16(10-8-15)22-12-14-5-3-2-4-6-14;1-12-18(2)15-5-3-4-6-16(15)19(12)11-17(21)13-7-9-14(10-8-13)20(22)23;1-7(2)11(15(21)22)18-14(20)12(24-16(18)23)10-8-5-3-4-6-9(8)17-13(10)19;17-16(18)13-7-5-12(6-8-13)15-10-9-11-3-1-2-4-14(11)15;14-10-2-1-3-11(6-10)15-8-9-4-5-12(16)7-13(9)17;/h2-11H,12H2,1H3;3-10H,11H2,1-2H3;3-7,11,20H,1-2H3,(H,21,22);1-10H;1-8,16-17H;1H/q;+1;;;;. The van der Waals surface area contributed by atoms with Crippen molar-refractivity contribution in [2.24, 2.45) is 23.0 Å². The number of anilines is 1. The molecule has 23 nitrogen and oxygen atoms in total. The second kappa shape index (κ2) is 34.7. The average molecular weight is 1580 g/mol. The van der Waals surface area contributed by atoms with Crippen LogP contribution in [0.4, 0.5) is 22.7 Å². The van der Waals surface area contributed by atoms with Gasteiger partial charge in [-0.2, -0.15) is 0 Å². The third-order valence-electron chi connectivity index (χ3n) is 16.5. The van der Waals surface area contributed by atoms with E-state index in [0.717, 1.165) is 65.4 Å². The Bertz CT molecular complexity index is 5540. The number of phenolic OH excluding ortho intramolecular Hbond substituents is 2. The van der Waals surface area contributed by atoms with Crippen LogP contribution in [0.1, 0.15) is 59.0 Å². The highest BCUT2D eigenvalue weighted by atomic mass is 79.9. The number of carbonyl (C=O) groups is 5. The molecule has 1 unspecified atom stereocenters. The molecule has 0 aliphatic carbocycles. The number of aryl methyl sites for hydroxylation is 1. The van der Waals surface area contributed by atoms with E-state index < -0.39 is 27.8 Å². The van der Waals surface area contributed by atoms with Crippen molar-refractivity contribution in [3.05, 3.63) is 309 Å². The Morgan fingerprint density at radius 1 is 0.733 bits per heavy atom. The number of non-ortho nitro benzene ring substituents is 2. The van der Waals surface area contributed by atoms with Crippen LogP contribution in [-0.4, -0.2) is 79.7 Å². The van der Waals surface area contributed by atoms with Crippen molar-refractivity contribution < 1.29 is 63.5 Å². The van der Waals surface area contributed by atoms with Crippen molar-refractivity contribution in [2.75, 3.05) is 4.90 Å². The molecule has 5 heterocycles. The first-order chi connectivity index (χ1) is 49.9. The maximum absolute atomic E-state index is 12.5. The number of hydrogen-bond donors (Lipinski definition) is 4. The predicted molar refractivity (Wildman–Crippen MR) is 411 cm³/mol. The smallest absolute Gasteiger partial charge is 0.327 e. The van der Waals surface area contributed by atoms with Gasteiger partial charge in [-0.25, -0.2) is 23.8 Å². The zero-order chi connectivity index (χ0) is 74.5. The number of imidazole rings is 1. The Morgan fingerprint density at radius 3 is 1.98 bits per heavy atom. The van der Waals surface area contributed by atoms with E-state index in [4.69, 9.17) is 22.1 Å². The number of halogens is 2. The van der Waals surface area contributed by atoms with E-state index in [1.54, 1.807) is 93.7 Å². The number of thiazole rings is 1. The lowest BCUT2D eigenvalue weighted by atomic mass is 10.0. The number of phenols is 2. The third-order valence-corrected chi connectivity index (χ3v) is 18.4. The lowest BCUT2D eigenvalue weighted by Gasteiger charge is -2.18. The molecular weight excluding hydrogens is 1510 g/mol. The Balaban J connectivity index is 0.000000152. The van der Waals surface area contributed by atoms with E-state index in [1.807, 2.05) is 143 Å². The van der Waals surface area contributed by atoms with Crippen LogP contribution < -0.4 is 24.8 Å². The van der Waals surface area contributed by atoms with Crippen LogP contribution in [-0.2, 0) is 39.4 Å². The minimum absolute atomic E-state index is 0. The van der Waals surface area contributed by atoms with Crippen LogP contribution in [0, 0.1) is 37.0 Å². The van der Waals surface area contributed by atoms with Crippen molar-refractivity contribution in [3.63, 3.8) is 0 Å². The summed E-state index contributed by atoms with van der Waals surface area (Å²) in [5, 5.41) is 62.4. The first-order valence-electron chi connectivity index (χ1n) is 31.9. The molecule has 27 heteroatoms. The minimum atomic E-state index is -1.09. The Kier molecular flexibility index (Phi) is 25.4. The second-order valence-electron chi connectivity index (χ2n) is 23.7. The number of carboxylic acids is 1. The SMILES string of the molecule is Br.CC(C)C(C(=O)O)n1c(O)c(C2=c3ccccc3=NC2=O)sc1=S.CC1=CC(=O)N(c2ccc(OCc3ccccc3)cc2)C1=O.Cc1n(CC(=O)c2ccc([N+](=O)[O-])cc2)c2ccccc2[n+]1C.O=[N+]([O-])c1ccc(-n2ccc3ccccc32)cc1.Oc1ccc(C=Nc2cccc(Br)c2)c(O)c1. The highest BCUT2D eigenvalue weighted by Crippen LogP contribution is 2.37. The van der Waals surface area contributed by atoms with E-state index in [9.17, 15) is 59.5 Å². The summed E-state index contributed by atoms with van der Waals surface area (Å²) in [5.74, 6) is -1.11. The number of hydrogen-bond acceptors (Lipinski definition) is 16. The number of ketones is 1. The molecule has 3 aromatic heterocycles. The molecule has 1 atom stereocenters. The van der Waals surface area contributed by atoms with E-state index in [1.165, 1.54) is 59.2 Å². The predicted octanol–water partition coefficient (Wildman–Crippen LogP) is 15.0. The molecular formula is C78H66Br2N9O14S2+. The van der Waals surface area contributed by atoms with Gasteiger partial charge in [-0.3, -0.25) is 49.0 Å². The maximum atomic E-state index is 12.5. The molecule has 4 N–H and O–H groups in total. The summed E-state index contributed by atoms with van der Waals surface area (Å²) < 4.78 is 14.0. The van der Waals surface area contributed by atoms with Crippen LogP contribution in [0.15, 0.2) is 257 Å². The fourth-order valence-electron chi connectivity index (χ4n) is 11.1. The van der Waals surface area contributed by atoms with Gasteiger partial charge in [0.1, 0.15) is 34.8 Å². The lowest BCUT2D eigenvalue weighted by molar-refractivity contribution is -0.652. The van der Waals surface area contributed by atoms with Gasteiger partial charge in [0.15, 0.2) is 21.5 Å². The van der Waals surface area contributed by atoms with Gasteiger partial charge in [-0.1, -0.05) is 115 Å². The molecule has 0 bridgehead atoms. The number of amides is 3. The van der Waals surface area contributed by atoms with E-state index in [0.29, 0.717) is 45.3 Å². The Hall–Kier alpha value is -12.2. The van der Waals surface area contributed by atoms with Crippen LogP contribution in [0.25, 0.3) is 33.2 Å². The first kappa shape index (κ1) is 77.0. The molecule has 0 fully saturated rings. The number of rotatable bonds is 16. The van der Waals surface area contributed by atoms with Crippen molar-refractivity contribution >= 4 is 142 Å². The minimum Gasteiger partial charge on any atom is -0.508 e. The molecule has 105 heavy (non-hydrogen) atoms. The van der Waals surface area contributed by atoms with Crippen molar-refractivity contribution in [2.45, 2.75) is 46.9 Å². The number of benzene rings is 9. The van der Waals surface area contributed by atoms with Gasteiger partial charge in [-0.05, 0) is 145 Å². The number of aliphatic carboxylic acids is 1. The molecule has 0 radical (unpaired) electrons. The number of carbonyl (C=O) groups excluding carboxylic acids is 4. The van der Waals surface area contributed by atoms with Crippen molar-refractivity contribution in [1.29, 1.82) is 0 Å². The summed E-state index contributed by atoms with van der Waals surface area (Å²) in [6.07, 6.45) is 4.87. The number of ether oxygens (including phenoxy) is 1. The number of aromatic hydroxyl groups is 3. The molecule has 14 rings (SSSR count). The van der Waals surface area contributed by atoms with Gasteiger partial charge in [0, 0.05) is 87.8 Å². The quantitative estimate of drug-likeness (QED) is 0.0133. The number of para-hydroxylation sites is 4. The van der Waals surface area contributed by atoms with Gasteiger partial charge in [0.25, 0.3) is 34.9 Å². The number of nitrogens with zero attached hydrogens (tertiary/aromatic N) is 9. The fourth-order valence-corrected chi connectivity index (χ4v) is 12.9. The molecule has 3 amide bonds. The number of Topliss-reactive ketones (excluding diaryl/α,β-unsaturated/α-hetero) is 1. The van der Waals surface area contributed by atoms with Crippen LogP contribution >= 0.6 is 56.5 Å². The van der Waals surface area contributed by atoms with E-state index in [2.05, 4.69) is 25.9 Å². The third kappa shape index (κ3) is 18.4. The van der Waals surface area contributed by atoms with Gasteiger partial charge >= 0.3 is 5.97 Å². The van der Waals surface area contributed by atoms with E-state index in [-0.39, 0.29) is 90.2 Å². The Labute approximate surface area is 628 Å². The Morgan fingerprint density at radius 2 is 1.35 bits per heavy atom. The monoisotopic (exact) mass is 1570 g/mol. The molecule has 532 valence electrons. The first-order valence-corrected chi connectivity index (χ1v) is 34.0. The van der Waals surface area contributed by atoms with Gasteiger partial charge in [0.2, 0.25) is 11.7 Å². The molecule has 12 aromatic rings. The fraction of sp³-hybridized carbons (Fsp3) is 0.115. The summed E-state index contributed by atoms with van der Waals surface area (Å²) >= 11 is 9.62. The number of nitro benzene ring substituents is 2. The highest BCUT2D eigenvalue weighted by molar-refractivity contribution is 9.10. The lowest BCUT2D eigenvalue weighted by Crippen LogP contribution is -2.31. The van der Waals surface area contributed by atoms with Crippen molar-refractivity contribution in [3.8, 4) is 28.8 Å². The van der Waals surface area contributed by atoms with E-state index >= 15 is 0 Å². The maximum Gasteiger partial charge on any atom is 0.327 e. The molecule has 0 saturated carbocycles. The number of nitro groups is 2. The number of imide groups is 1. The van der Waals surface area contributed by atoms with Crippen molar-refractivity contribution in [1.82, 2.24) is 13.7 Å². The average Bonchev–Trinajstić information content (AvgIpc) is 1.61. The van der Waals surface area contributed by atoms with Crippen LogP contribution in [0.5, 0.6) is 23.1 Å². The molecule has 9 aromatic carbocycles. The number of aromatic nitrogens is 4. The van der Waals surface area contributed by atoms with Gasteiger partial charge in [-0.15, -0.1) is 28.3 Å². The van der Waals surface area contributed by atoms with Crippen LogP contribution in [0.2, 0.25) is 0 Å². The van der Waals surface area contributed by atoms with Gasteiger partial charge < -0.3 is 29.7 Å². The highest BCUT2D eigenvalue weighted by Gasteiger charge is 2.33. The molecule has 0 saturated heterocycles. The summed E-state index contributed by atoms with van der Waals surface area (Å²) in [5.41, 5.74) is 8.29. The topological polar surface area (TPSA) is 308 Å². The zero-order valence-corrected chi connectivity index (χ0v) is 61.6. The van der Waals surface area contributed by atoms with Crippen LogP contribution in [0.3, 0.4) is 0 Å². The largest absolute Gasteiger partial charge is 0.508 e.